The van der Waals surface area contributed by atoms with Crippen molar-refractivity contribution in [2.75, 3.05) is 0 Å². The molecule has 2 rings (SSSR count). The van der Waals surface area contributed by atoms with Crippen LogP contribution in [0.25, 0.3) is 6.08 Å². The molecule has 0 spiro atoms. The van der Waals surface area contributed by atoms with Crippen molar-refractivity contribution in [1.82, 2.24) is 0 Å². The third-order valence-electron chi connectivity index (χ3n) is 2.38. The van der Waals surface area contributed by atoms with E-state index in [0.717, 1.165) is 15.6 Å². The molecule has 0 bridgehead atoms. The highest BCUT2D eigenvalue weighted by Crippen LogP contribution is 2.12. The second-order valence-electron chi connectivity index (χ2n) is 3.87. The molecule has 0 atom stereocenters. The van der Waals surface area contributed by atoms with Gasteiger partial charge in [-0.05, 0) is 41.8 Å². The SMILES string of the molecule is O=C(C#Cc1ccccc1)/C=C/c1cccc(Br)c1. The zero-order chi connectivity index (χ0) is 13.5. The Balaban J connectivity index is 2.04. The monoisotopic (exact) mass is 310 g/mol. The summed E-state index contributed by atoms with van der Waals surface area (Å²) in [5, 5.41) is 0. The van der Waals surface area contributed by atoms with Crippen molar-refractivity contribution in [3.63, 3.8) is 0 Å². The average Bonchev–Trinajstić information content (AvgIpc) is 2.44. The van der Waals surface area contributed by atoms with Crippen molar-refractivity contribution in [2.24, 2.45) is 0 Å². The van der Waals surface area contributed by atoms with Crippen molar-refractivity contribution < 1.29 is 4.79 Å². The molecule has 92 valence electrons. The van der Waals surface area contributed by atoms with Crippen LogP contribution in [-0.4, -0.2) is 5.78 Å². The van der Waals surface area contributed by atoms with E-state index in [4.69, 9.17) is 0 Å². The summed E-state index contributed by atoms with van der Waals surface area (Å²) < 4.78 is 0.984. The van der Waals surface area contributed by atoms with E-state index in [0.29, 0.717) is 0 Å². The fourth-order valence-electron chi connectivity index (χ4n) is 1.48. The van der Waals surface area contributed by atoms with E-state index in [-0.39, 0.29) is 5.78 Å². The molecule has 0 fully saturated rings. The van der Waals surface area contributed by atoms with Gasteiger partial charge in [0.1, 0.15) is 0 Å². The molecular formula is C17H11BrO. The molecule has 0 saturated carbocycles. The number of allylic oxidation sites excluding steroid dienone is 1. The number of carbonyl (C=O) groups excluding carboxylic acids is 1. The topological polar surface area (TPSA) is 17.1 Å². The first-order chi connectivity index (χ1) is 9.24. The molecule has 2 aromatic carbocycles. The number of carbonyl (C=O) groups is 1. The minimum absolute atomic E-state index is 0.205. The van der Waals surface area contributed by atoms with E-state index in [1.807, 2.05) is 54.6 Å². The lowest BCUT2D eigenvalue weighted by molar-refractivity contribution is -0.109. The number of rotatable bonds is 2. The van der Waals surface area contributed by atoms with Gasteiger partial charge in [0.15, 0.2) is 0 Å². The molecule has 0 radical (unpaired) electrons. The summed E-state index contributed by atoms with van der Waals surface area (Å²) in [6, 6.07) is 17.2. The third-order valence-corrected chi connectivity index (χ3v) is 2.87. The molecule has 2 heteroatoms. The summed E-state index contributed by atoms with van der Waals surface area (Å²) in [5.41, 5.74) is 1.80. The van der Waals surface area contributed by atoms with Gasteiger partial charge in [-0.15, -0.1) is 0 Å². The largest absolute Gasteiger partial charge is 0.280 e. The number of ketones is 1. The summed E-state index contributed by atoms with van der Waals surface area (Å²) in [4.78, 5) is 11.6. The second kappa shape index (κ2) is 6.72. The molecule has 0 heterocycles. The molecule has 0 amide bonds. The first kappa shape index (κ1) is 13.3. The van der Waals surface area contributed by atoms with Crippen LogP contribution >= 0.6 is 15.9 Å². The van der Waals surface area contributed by atoms with Gasteiger partial charge in [0.2, 0.25) is 5.78 Å². The third kappa shape index (κ3) is 4.57. The molecule has 0 aromatic heterocycles. The lowest BCUT2D eigenvalue weighted by atomic mass is 10.2. The van der Waals surface area contributed by atoms with Gasteiger partial charge < -0.3 is 0 Å². The van der Waals surface area contributed by atoms with Crippen LogP contribution in [0.5, 0.6) is 0 Å². The fourth-order valence-corrected chi connectivity index (χ4v) is 1.90. The minimum atomic E-state index is -0.205. The number of hydrogen-bond donors (Lipinski definition) is 0. The van der Waals surface area contributed by atoms with Crippen molar-refractivity contribution in [2.45, 2.75) is 0 Å². The molecule has 19 heavy (non-hydrogen) atoms. The van der Waals surface area contributed by atoms with Gasteiger partial charge >= 0.3 is 0 Å². The number of hydrogen-bond acceptors (Lipinski definition) is 1. The predicted molar refractivity (Wildman–Crippen MR) is 81.5 cm³/mol. The molecule has 1 nitrogen and oxygen atoms in total. The second-order valence-corrected chi connectivity index (χ2v) is 4.78. The van der Waals surface area contributed by atoms with Crippen molar-refractivity contribution in [3.8, 4) is 11.8 Å². The Morgan fingerprint density at radius 2 is 1.84 bits per heavy atom. The highest BCUT2D eigenvalue weighted by Gasteiger charge is 1.91. The predicted octanol–water partition coefficient (Wildman–Crippen LogP) is 4.08. The Morgan fingerprint density at radius 1 is 1.05 bits per heavy atom. The minimum Gasteiger partial charge on any atom is -0.280 e. The van der Waals surface area contributed by atoms with Gasteiger partial charge in [-0.3, -0.25) is 4.79 Å². The summed E-state index contributed by atoms with van der Waals surface area (Å²) in [7, 11) is 0. The molecule has 0 saturated heterocycles. The Kier molecular flexibility index (Phi) is 4.72. The average molecular weight is 311 g/mol. The van der Waals surface area contributed by atoms with Crippen LogP contribution < -0.4 is 0 Å². The van der Waals surface area contributed by atoms with Crippen LogP contribution in [-0.2, 0) is 4.79 Å². The maximum atomic E-state index is 11.6. The number of benzene rings is 2. The Hall–Kier alpha value is -2.11. The fraction of sp³-hybridized carbons (Fsp3) is 0. The van der Waals surface area contributed by atoms with Crippen LogP contribution in [0, 0.1) is 11.8 Å². The van der Waals surface area contributed by atoms with E-state index in [2.05, 4.69) is 27.8 Å². The van der Waals surface area contributed by atoms with Crippen LogP contribution in [0.3, 0.4) is 0 Å². The first-order valence-corrected chi connectivity index (χ1v) is 6.58. The van der Waals surface area contributed by atoms with Gasteiger partial charge in [0.25, 0.3) is 0 Å². The molecule has 0 unspecified atom stereocenters. The molecule has 2 aromatic rings. The Labute approximate surface area is 121 Å². The maximum absolute atomic E-state index is 11.6. The summed E-state index contributed by atoms with van der Waals surface area (Å²) >= 11 is 3.38. The van der Waals surface area contributed by atoms with Gasteiger partial charge in [-0.1, -0.05) is 58.3 Å². The van der Waals surface area contributed by atoms with Crippen molar-refractivity contribution in [3.05, 3.63) is 76.3 Å². The highest BCUT2D eigenvalue weighted by molar-refractivity contribution is 9.10. The summed E-state index contributed by atoms with van der Waals surface area (Å²) in [6.07, 6.45) is 3.24. The maximum Gasteiger partial charge on any atom is 0.229 e. The summed E-state index contributed by atoms with van der Waals surface area (Å²) in [6.45, 7) is 0. The van der Waals surface area contributed by atoms with E-state index in [1.54, 1.807) is 6.08 Å². The lowest BCUT2D eigenvalue weighted by Gasteiger charge is -1.92. The molecular weight excluding hydrogens is 300 g/mol. The lowest BCUT2D eigenvalue weighted by Crippen LogP contribution is -1.86. The normalized spacial score (nSPS) is 9.95. The van der Waals surface area contributed by atoms with E-state index < -0.39 is 0 Å². The standard InChI is InChI=1S/C17H11BrO/c18-16-8-4-7-15(13-16)10-12-17(19)11-9-14-5-2-1-3-6-14/h1-8,10,12-13H/b12-10+. The Morgan fingerprint density at radius 3 is 2.58 bits per heavy atom. The zero-order valence-corrected chi connectivity index (χ0v) is 11.7. The van der Waals surface area contributed by atoms with E-state index in [9.17, 15) is 4.79 Å². The molecule has 0 N–H and O–H groups in total. The molecule has 0 aliphatic rings. The zero-order valence-electron chi connectivity index (χ0n) is 10.1. The highest BCUT2D eigenvalue weighted by atomic mass is 79.9. The van der Waals surface area contributed by atoms with Gasteiger partial charge in [-0.25, -0.2) is 0 Å². The molecule has 0 aliphatic heterocycles. The Bertz CT molecular complexity index is 660. The van der Waals surface area contributed by atoms with Gasteiger partial charge in [-0.2, -0.15) is 0 Å². The van der Waals surface area contributed by atoms with Crippen LogP contribution in [0.1, 0.15) is 11.1 Å². The quantitative estimate of drug-likeness (QED) is 0.603. The van der Waals surface area contributed by atoms with Crippen molar-refractivity contribution >= 4 is 27.8 Å². The van der Waals surface area contributed by atoms with Crippen LogP contribution in [0.2, 0.25) is 0 Å². The van der Waals surface area contributed by atoms with Gasteiger partial charge in [0, 0.05) is 10.0 Å². The molecule has 0 aliphatic carbocycles. The van der Waals surface area contributed by atoms with Gasteiger partial charge in [0.05, 0.1) is 0 Å². The number of halogens is 1. The van der Waals surface area contributed by atoms with E-state index in [1.165, 1.54) is 6.08 Å². The van der Waals surface area contributed by atoms with Crippen molar-refractivity contribution in [1.29, 1.82) is 0 Å². The summed E-state index contributed by atoms with van der Waals surface area (Å²) in [5.74, 6) is 5.22. The van der Waals surface area contributed by atoms with E-state index >= 15 is 0 Å². The first-order valence-electron chi connectivity index (χ1n) is 5.79. The van der Waals surface area contributed by atoms with Crippen LogP contribution in [0.15, 0.2) is 65.1 Å². The smallest absolute Gasteiger partial charge is 0.229 e. The van der Waals surface area contributed by atoms with Crippen LogP contribution in [0.4, 0.5) is 0 Å².